The van der Waals surface area contributed by atoms with E-state index in [1.54, 1.807) is 6.07 Å². The van der Waals surface area contributed by atoms with Crippen LogP contribution in [0.15, 0.2) is 18.2 Å². The Bertz CT molecular complexity index is 480. The van der Waals surface area contributed by atoms with Gasteiger partial charge in [-0.3, -0.25) is 14.9 Å². The van der Waals surface area contributed by atoms with Crippen LogP contribution < -0.4 is 10.1 Å². The Morgan fingerprint density at radius 1 is 1.33 bits per heavy atom. The average molecular weight is 308 g/mol. The van der Waals surface area contributed by atoms with Crippen LogP contribution in [0.3, 0.4) is 0 Å². The predicted octanol–water partition coefficient (Wildman–Crippen LogP) is 2.62. The molecule has 0 heterocycles. The molecule has 6 nitrogen and oxygen atoms in total. The van der Waals surface area contributed by atoms with Gasteiger partial charge in [0.25, 0.3) is 0 Å². The molecular weight excluding hydrogens is 293 g/mol. The number of benzene rings is 1. The molecule has 0 unspecified atom stereocenters. The van der Waals surface area contributed by atoms with Gasteiger partial charge in [0.05, 0.1) is 11.5 Å². The number of hydrogen-bond acceptors (Lipinski definition) is 5. The summed E-state index contributed by atoms with van der Waals surface area (Å²) in [5.74, 6) is -0.0916. The summed E-state index contributed by atoms with van der Waals surface area (Å²) in [5, 5.41) is 13.9. The average Bonchev–Trinajstić information content (AvgIpc) is 2.40. The Balaban J connectivity index is 2.66. The van der Waals surface area contributed by atoms with Crippen molar-refractivity contribution < 1.29 is 27.6 Å². The summed E-state index contributed by atoms with van der Waals surface area (Å²) in [6.45, 7) is 1.88. The van der Waals surface area contributed by atoms with Crippen molar-refractivity contribution in [3.8, 4) is 5.75 Å². The van der Waals surface area contributed by atoms with Crippen molar-refractivity contribution in [1.82, 2.24) is 5.32 Å². The summed E-state index contributed by atoms with van der Waals surface area (Å²) in [6.07, 6.45) is -4.75. The summed E-state index contributed by atoms with van der Waals surface area (Å²) < 4.78 is 43.8. The van der Waals surface area contributed by atoms with Crippen molar-refractivity contribution in [3.05, 3.63) is 33.9 Å². The third-order valence-electron chi connectivity index (χ3n) is 2.41. The Morgan fingerprint density at radius 2 is 2.05 bits per heavy atom. The summed E-state index contributed by atoms with van der Waals surface area (Å²) in [6, 6.07) is 4.29. The molecule has 1 aromatic carbocycles. The molecule has 0 aliphatic carbocycles. The van der Waals surface area contributed by atoms with Gasteiger partial charge in [-0.05, 0) is 18.2 Å². The number of nitro benzene ring substituents is 1. The molecule has 0 saturated carbocycles. The van der Waals surface area contributed by atoms with E-state index < -0.39 is 24.5 Å². The third kappa shape index (κ3) is 6.41. The van der Waals surface area contributed by atoms with Crippen LogP contribution >= 0.6 is 0 Å². The topological polar surface area (TPSA) is 73.6 Å². The summed E-state index contributed by atoms with van der Waals surface area (Å²) >= 11 is 0. The third-order valence-corrected chi connectivity index (χ3v) is 2.41. The Morgan fingerprint density at radius 3 is 2.62 bits per heavy atom. The van der Waals surface area contributed by atoms with E-state index in [0.29, 0.717) is 18.7 Å². The van der Waals surface area contributed by atoms with Crippen molar-refractivity contribution in [3.63, 3.8) is 0 Å². The maximum Gasteiger partial charge on any atom is 0.522 e. The van der Waals surface area contributed by atoms with E-state index in [4.69, 9.17) is 4.74 Å². The Hall–Kier alpha value is -1.87. The normalized spacial score (nSPS) is 11.4. The van der Waals surface area contributed by atoms with Gasteiger partial charge < -0.3 is 10.1 Å². The van der Waals surface area contributed by atoms with E-state index in [2.05, 4.69) is 10.1 Å². The van der Waals surface area contributed by atoms with E-state index in [1.807, 2.05) is 6.92 Å². The number of nitro groups is 1. The zero-order valence-corrected chi connectivity index (χ0v) is 11.3. The molecule has 0 aromatic heterocycles. The van der Waals surface area contributed by atoms with Gasteiger partial charge >= 0.3 is 12.0 Å². The number of hydrogen-bond donors (Lipinski definition) is 1. The first-order chi connectivity index (χ1) is 9.83. The van der Waals surface area contributed by atoms with Crippen LogP contribution in [0.1, 0.15) is 12.5 Å². The molecule has 0 aliphatic rings. The van der Waals surface area contributed by atoms with Gasteiger partial charge in [0.2, 0.25) is 0 Å². The number of ether oxygens (including phenoxy) is 2. The standard InChI is InChI=1S/C12H15F3N2O4/c1-2-16-8-9-3-4-11(10(7-9)17(18)19)20-5-6-21-12(13,14)15/h3-4,7,16H,2,5-6,8H2,1H3. The lowest BCUT2D eigenvalue weighted by Gasteiger charge is -2.10. The van der Waals surface area contributed by atoms with Gasteiger partial charge in [0, 0.05) is 12.6 Å². The first kappa shape index (κ1) is 17.2. The van der Waals surface area contributed by atoms with E-state index in [-0.39, 0.29) is 11.4 Å². The highest BCUT2D eigenvalue weighted by Gasteiger charge is 2.28. The zero-order valence-electron chi connectivity index (χ0n) is 11.3. The molecule has 1 N–H and O–H groups in total. The molecule has 9 heteroatoms. The number of halogens is 3. The maximum absolute atomic E-state index is 11.8. The van der Waals surface area contributed by atoms with Crippen molar-refractivity contribution in [2.45, 2.75) is 19.8 Å². The van der Waals surface area contributed by atoms with Gasteiger partial charge in [0.1, 0.15) is 6.61 Å². The fourth-order valence-corrected chi connectivity index (χ4v) is 1.52. The lowest BCUT2D eigenvalue weighted by molar-refractivity contribution is -0.386. The van der Waals surface area contributed by atoms with Crippen molar-refractivity contribution >= 4 is 5.69 Å². The lowest BCUT2D eigenvalue weighted by Crippen LogP contribution is -2.18. The molecule has 118 valence electrons. The molecule has 21 heavy (non-hydrogen) atoms. The Kier molecular flexibility index (Phi) is 6.38. The summed E-state index contributed by atoms with van der Waals surface area (Å²) in [7, 11) is 0. The molecule has 0 spiro atoms. The highest BCUT2D eigenvalue weighted by molar-refractivity contribution is 5.48. The first-order valence-corrected chi connectivity index (χ1v) is 6.15. The SMILES string of the molecule is CCNCc1ccc(OCCOC(F)(F)F)c([N+](=O)[O-])c1. The fraction of sp³-hybridized carbons (Fsp3) is 0.500. The van der Waals surface area contributed by atoms with E-state index in [9.17, 15) is 23.3 Å². The molecule has 0 bridgehead atoms. The van der Waals surface area contributed by atoms with Crippen LogP contribution in [-0.2, 0) is 11.3 Å². The smallest absolute Gasteiger partial charge is 0.484 e. The highest BCUT2D eigenvalue weighted by atomic mass is 19.4. The van der Waals surface area contributed by atoms with Crippen LogP contribution in [0, 0.1) is 10.1 Å². The number of nitrogens with one attached hydrogen (secondary N) is 1. The van der Waals surface area contributed by atoms with Gasteiger partial charge in [-0.25, -0.2) is 0 Å². The van der Waals surface area contributed by atoms with Crippen LogP contribution in [0.2, 0.25) is 0 Å². The van der Waals surface area contributed by atoms with Crippen LogP contribution in [-0.4, -0.2) is 31.0 Å². The van der Waals surface area contributed by atoms with Crippen molar-refractivity contribution in [1.29, 1.82) is 0 Å². The number of nitrogens with zero attached hydrogens (tertiary/aromatic N) is 1. The van der Waals surface area contributed by atoms with Crippen molar-refractivity contribution in [2.24, 2.45) is 0 Å². The van der Waals surface area contributed by atoms with Gasteiger partial charge in [0.15, 0.2) is 5.75 Å². The summed E-state index contributed by atoms with van der Waals surface area (Å²) in [4.78, 5) is 10.3. The van der Waals surface area contributed by atoms with E-state index in [1.165, 1.54) is 12.1 Å². The molecule has 1 rings (SSSR count). The monoisotopic (exact) mass is 308 g/mol. The second-order valence-corrected chi connectivity index (χ2v) is 3.98. The van der Waals surface area contributed by atoms with Gasteiger partial charge in [-0.1, -0.05) is 13.0 Å². The second-order valence-electron chi connectivity index (χ2n) is 3.98. The second kappa shape index (κ2) is 7.79. The zero-order chi connectivity index (χ0) is 15.9. The van der Waals surface area contributed by atoms with Crippen LogP contribution in [0.25, 0.3) is 0 Å². The molecule has 0 fully saturated rings. The maximum atomic E-state index is 11.8. The number of alkyl halides is 3. The molecule has 0 amide bonds. The van der Waals surface area contributed by atoms with Gasteiger partial charge in [-0.2, -0.15) is 0 Å². The summed E-state index contributed by atoms with van der Waals surface area (Å²) in [5.41, 5.74) is 0.389. The largest absolute Gasteiger partial charge is 0.522 e. The minimum absolute atomic E-state index is 0.0916. The molecule has 0 radical (unpaired) electrons. The molecule has 0 atom stereocenters. The molecule has 1 aromatic rings. The molecule has 0 saturated heterocycles. The fourth-order valence-electron chi connectivity index (χ4n) is 1.52. The van der Waals surface area contributed by atoms with Crippen LogP contribution in [0.4, 0.5) is 18.9 Å². The van der Waals surface area contributed by atoms with E-state index in [0.717, 1.165) is 0 Å². The highest BCUT2D eigenvalue weighted by Crippen LogP contribution is 2.28. The van der Waals surface area contributed by atoms with E-state index >= 15 is 0 Å². The molecule has 0 aliphatic heterocycles. The van der Waals surface area contributed by atoms with Gasteiger partial charge in [-0.15, -0.1) is 13.2 Å². The van der Waals surface area contributed by atoms with Crippen LogP contribution in [0.5, 0.6) is 5.75 Å². The van der Waals surface area contributed by atoms with Crippen molar-refractivity contribution in [2.75, 3.05) is 19.8 Å². The lowest BCUT2D eigenvalue weighted by atomic mass is 10.2. The molecular formula is C12H15F3N2O4. The quantitative estimate of drug-likeness (QED) is 0.454. The first-order valence-electron chi connectivity index (χ1n) is 6.15. The number of rotatable bonds is 8. The minimum Gasteiger partial charge on any atom is -0.484 e. The Labute approximate surface area is 119 Å². The predicted molar refractivity (Wildman–Crippen MR) is 68.0 cm³/mol. The minimum atomic E-state index is -4.75.